The zero-order valence-electron chi connectivity index (χ0n) is 13.8. The Balaban J connectivity index is 2.30. The SMILES string of the molecule is COc1cc(C#Cc2ccc(C#CCS)cc2)cc(OC)c1OC. The fraction of sp³-hybridized carbons (Fsp3) is 0.200. The first-order valence-electron chi connectivity index (χ1n) is 7.23. The second-order valence-corrected chi connectivity index (χ2v) is 5.02. The summed E-state index contributed by atoms with van der Waals surface area (Å²) >= 11 is 4.07. The Morgan fingerprint density at radius 2 is 1.25 bits per heavy atom. The number of ether oxygens (including phenoxy) is 3. The first-order valence-corrected chi connectivity index (χ1v) is 7.87. The van der Waals surface area contributed by atoms with Crippen LogP contribution in [-0.4, -0.2) is 27.1 Å². The molecule has 2 aromatic carbocycles. The molecule has 3 nitrogen and oxygen atoms in total. The van der Waals surface area contributed by atoms with E-state index in [1.165, 1.54) is 0 Å². The normalized spacial score (nSPS) is 9.17. The predicted molar refractivity (Wildman–Crippen MR) is 99.3 cm³/mol. The fourth-order valence-corrected chi connectivity index (χ4v) is 2.16. The van der Waals surface area contributed by atoms with E-state index in [2.05, 4.69) is 36.3 Å². The first kappa shape index (κ1) is 17.7. The molecule has 0 N–H and O–H groups in total. The maximum absolute atomic E-state index is 5.33. The van der Waals surface area contributed by atoms with Gasteiger partial charge in [-0.3, -0.25) is 0 Å². The molecule has 0 atom stereocenters. The minimum Gasteiger partial charge on any atom is -0.493 e. The smallest absolute Gasteiger partial charge is 0.203 e. The van der Waals surface area contributed by atoms with Gasteiger partial charge in [0.1, 0.15) is 0 Å². The van der Waals surface area contributed by atoms with Crippen molar-refractivity contribution in [2.75, 3.05) is 27.1 Å². The largest absolute Gasteiger partial charge is 0.493 e. The molecule has 0 saturated heterocycles. The van der Waals surface area contributed by atoms with Crippen LogP contribution in [0.4, 0.5) is 0 Å². The second-order valence-electron chi connectivity index (χ2n) is 4.70. The maximum atomic E-state index is 5.33. The molecule has 4 heteroatoms. The van der Waals surface area contributed by atoms with Crippen LogP contribution in [0.25, 0.3) is 0 Å². The zero-order valence-corrected chi connectivity index (χ0v) is 14.7. The molecule has 0 radical (unpaired) electrons. The Morgan fingerprint density at radius 3 is 1.71 bits per heavy atom. The van der Waals surface area contributed by atoms with Crippen molar-refractivity contribution in [2.24, 2.45) is 0 Å². The molecule has 2 rings (SSSR count). The quantitative estimate of drug-likeness (QED) is 0.687. The van der Waals surface area contributed by atoms with Crippen molar-refractivity contribution in [3.8, 4) is 40.9 Å². The van der Waals surface area contributed by atoms with Gasteiger partial charge in [-0.1, -0.05) is 23.7 Å². The molecule has 0 unspecified atom stereocenters. The zero-order chi connectivity index (χ0) is 17.4. The van der Waals surface area contributed by atoms with Crippen molar-refractivity contribution in [1.29, 1.82) is 0 Å². The maximum Gasteiger partial charge on any atom is 0.203 e. The molecule has 0 amide bonds. The van der Waals surface area contributed by atoms with Gasteiger partial charge in [0.2, 0.25) is 5.75 Å². The van der Waals surface area contributed by atoms with Gasteiger partial charge in [-0.05, 0) is 36.4 Å². The number of thiol groups is 1. The average Bonchev–Trinajstić information content (AvgIpc) is 2.64. The molecule has 0 aliphatic carbocycles. The number of hydrogen-bond acceptors (Lipinski definition) is 4. The second kappa shape index (κ2) is 8.82. The van der Waals surface area contributed by atoms with Crippen LogP contribution < -0.4 is 14.2 Å². The fourth-order valence-electron chi connectivity index (χ4n) is 2.08. The van der Waals surface area contributed by atoms with E-state index < -0.39 is 0 Å². The summed E-state index contributed by atoms with van der Waals surface area (Å²) in [5.41, 5.74) is 2.63. The Morgan fingerprint density at radius 1 is 0.750 bits per heavy atom. The van der Waals surface area contributed by atoms with Crippen LogP contribution in [0.5, 0.6) is 17.2 Å². The number of benzene rings is 2. The molecular weight excluding hydrogens is 320 g/mol. The molecule has 0 saturated carbocycles. The molecule has 122 valence electrons. The highest BCUT2D eigenvalue weighted by Crippen LogP contribution is 2.37. The lowest BCUT2D eigenvalue weighted by molar-refractivity contribution is 0.324. The molecule has 0 heterocycles. The number of hydrogen-bond donors (Lipinski definition) is 1. The van der Waals surface area contributed by atoms with E-state index in [0.717, 1.165) is 16.7 Å². The number of rotatable bonds is 3. The molecule has 0 aromatic heterocycles. The van der Waals surface area contributed by atoms with E-state index in [9.17, 15) is 0 Å². The van der Waals surface area contributed by atoms with Crippen LogP contribution in [0.15, 0.2) is 36.4 Å². The van der Waals surface area contributed by atoms with Gasteiger partial charge >= 0.3 is 0 Å². The highest BCUT2D eigenvalue weighted by atomic mass is 32.1. The lowest BCUT2D eigenvalue weighted by Gasteiger charge is -2.12. The number of methoxy groups -OCH3 is 3. The Kier molecular flexibility index (Phi) is 6.49. The predicted octanol–water partition coefficient (Wildman–Crippen LogP) is 3.39. The standard InChI is InChI=1S/C20H18O3S/c1-21-18-13-17(14-19(22-2)20(18)23-3)11-10-16-8-6-15(7-9-16)5-4-12-24/h6-9,13-14,24H,12H2,1-3H3. The molecule has 0 aliphatic heterocycles. The molecule has 2 aromatic rings. The summed E-state index contributed by atoms with van der Waals surface area (Å²) in [7, 11) is 4.74. The molecule has 24 heavy (non-hydrogen) atoms. The summed E-state index contributed by atoms with van der Waals surface area (Å²) in [5.74, 6) is 14.4. The van der Waals surface area contributed by atoms with E-state index in [-0.39, 0.29) is 0 Å². The summed E-state index contributed by atoms with van der Waals surface area (Å²) in [6.07, 6.45) is 0. The van der Waals surface area contributed by atoms with Crippen molar-refractivity contribution in [2.45, 2.75) is 0 Å². The van der Waals surface area contributed by atoms with Crippen LogP contribution in [0, 0.1) is 23.7 Å². The van der Waals surface area contributed by atoms with Crippen molar-refractivity contribution in [3.63, 3.8) is 0 Å². The van der Waals surface area contributed by atoms with E-state index in [0.29, 0.717) is 23.0 Å². The third-order valence-corrected chi connectivity index (χ3v) is 3.37. The Hall–Kier alpha value is -2.69. The van der Waals surface area contributed by atoms with Gasteiger partial charge in [0.05, 0.1) is 27.1 Å². The van der Waals surface area contributed by atoms with Gasteiger partial charge in [0.25, 0.3) is 0 Å². The minimum absolute atomic E-state index is 0.544. The first-order chi connectivity index (χ1) is 11.7. The molecular formula is C20H18O3S. The van der Waals surface area contributed by atoms with E-state index in [1.54, 1.807) is 21.3 Å². The van der Waals surface area contributed by atoms with Gasteiger partial charge in [-0.2, -0.15) is 12.6 Å². The third kappa shape index (κ3) is 4.41. The minimum atomic E-state index is 0.544. The Bertz CT molecular complexity index is 793. The summed E-state index contributed by atoms with van der Waals surface area (Å²) < 4.78 is 16.0. The van der Waals surface area contributed by atoms with E-state index >= 15 is 0 Å². The van der Waals surface area contributed by atoms with Gasteiger partial charge in [0.15, 0.2) is 11.5 Å². The molecule has 0 bridgehead atoms. The van der Waals surface area contributed by atoms with E-state index in [1.807, 2.05) is 36.4 Å². The van der Waals surface area contributed by atoms with Crippen LogP contribution in [0.1, 0.15) is 16.7 Å². The van der Waals surface area contributed by atoms with Crippen molar-refractivity contribution in [3.05, 3.63) is 53.1 Å². The summed E-state index contributed by atoms with van der Waals surface area (Å²) in [6, 6.07) is 11.4. The summed E-state index contributed by atoms with van der Waals surface area (Å²) in [5, 5.41) is 0. The van der Waals surface area contributed by atoms with Gasteiger partial charge < -0.3 is 14.2 Å². The van der Waals surface area contributed by atoms with Crippen LogP contribution in [0.2, 0.25) is 0 Å². The van der Waals surface area contributed by atoms with E-state index in [4.69, 9.17) is 14.2 Å². The van der Waals surface area contributed by atoms with Crippen molar-refractivity contribution < 1.29 is 14.2 Å². The van der Waals surface area contributed by atoms with Crippen LogP contribution in [0.3, 0.4) is 0 Å². The van der Waals surface area contributed by atoms with Gasteiger partial charge in [0, 0.05) is 16.7 Å². The average molecular weight is 338 g/mol. The monoisotopic (exact) mass is 338 g/mol. The molecule has 0 spiro atoms. The summed E-state index contributed by atoms with van der Waals surface area (Å²) in [6.45, 7) is 0. The highest BCUT2D eigenvalue weighted by molar-refractivity contribution is 7.80. The van der Waals surface area contributed by atoms with Crippen LogP contribution in [-0.2, 0) is 0 Å². The van der Waals surface area contributed by atoms with Gasteiger partial charge in [-0.25, -0.2) is 0 Å². The van der Waals surface area contributed by atoms with Crippen molar-refractivity contribution in [1.82, 2.24) is 0 Å². The lowest BCUT2D eigenvalue weighted by atomic mass is 10.1. The van der Waals surface area contributed by atoms with Crippen molar-refractivity contribution >= 4 is 12.6 Å². The summed E-state index contributed by atoms with van der Waals surface area (Å²) in [4.78, 5) is 0. The highest BCUT2D eigenvalue weighted by Gasteiger charge is 2.12. The topological polar surface area (TPSA) is 27.7 Å². The van der Waals surface area contributed by atoms with Crippen LogP contribution >= 0.6 is 12.6 Å². The third-order valence-electron chi connectivity index (χ3n) is 3.21. The lowest BCUT2D eigenvalue weighted by Crippen LogP contribution is -1.95. The molecule has 0 fully saturated rings. The van der Waals surface area contributed by atoms with Gasteiger partial charge in [-0.15, -0.1) is 0 Å². The Labute approximate surface area is 148 Å². The molecule has 0 aliphatic rings.